The average Bonchev–Trinajstić information content (AvgIpc) is 3.19. The van der Waals surface area contributed by atoms with Crippen LogP contribution in [0.3, 0.4) is 0 Å². The molecule has 0 aromatic heterocycles. The molecule has 1 aromatic carbocycles. The lowest BCUT2D eigenvalue weighted by molar-refractivity contribution is -0.142. The normalized spacial score (nSPS) is 24.8. The molecule has 2 N–H and O–H groups in total. The number of esters is 1. The van der Waals surface area contributed by atoms with E-state index in [4.69, 9.17) is 9.47 Å². The third-order valence-electron chi connectivity index (χ3n) is 5.65. The summed E-state index contributed by atoms with van der Waals surface area (Å²) < 4.78 is 11.1. The molecular weight excluding hydrogens is 358 g/mol. The molecule has 0 spiro atoms. The largest absolute Gasteiger partial charge is 0.508 e. The number of carbonyl (C=O) groups is 2. The number of ether oxygens (including phenoxy) is 2. The topological polar surface area (TPSA) is 84.9 Å². The van der Waals surface area contributed by atoms with Gasteiger partial charge in [-0.15, -0.1) is 0 Å². The monoisotopic (exact) mass is 383 g/mol. The molecule has 0 radical (unpaired) electrons. The second kappa shape index (κ2) is 7.80. The quantitative estimate of drug-likeness (QED) is 0.778. The predicted molar refractivity (Wildman–Crippen MR) is 103 cm³/mol. The van der Waals surface area contributed by atoms with Gasteiger partial charge in [-0.25, -0.2) is 4.79 Å². The molecule has 0 saturated carbocycles. The molecule has 2 aliphatic heterocycles. The Bertz CT molecular complexity index is 846. The Balaban J connectivity index is 1.68. The summed E-state index contributed by atoms with van der Waals surface area (Å²) in [7, 11) is 0. The number of dihydropyridines is 1. The van der Waals surface area contributed by atoms with E-state index in [9.17, 15) is 14.7 Å². The van der Waals surface area contributed by atoms with Gasteiger partial charge >= 0.3 is 5.97 Å². The molecule has 3 aliphatic rings. The number of hydrogen-bond acceptors (Lipinski definition) is 6. The van der Waals surface area contributed by atoms with E-state index in [0.717, 1.165) is 36.9 Å². The highest BCUT2D eigenvalue weighted by molar-refractivity contribution is 6.03. The van der Waals surface area contributed by atoms with Gasteiger partial charge in [-0.3, -0.25) is 4.79 Å². The summed E-state index contributed by atoms with van der Waals surface area (Å²) in [5.74, 6) is -0.709. The lowest BCUT2D eigenvalue weighted by atomic mass is 9.75. The van der Waals surface area contributed by atoms with Crippen LogP contribution in [0.1, 0.15) is 50.5 Å². The Morgan fingerprint density at radius 1 is 1.25 bits per heavy atom. The van der Waals surface area contributed by atoms with E-state index in [0.29, 0.717) is 29.9 Å². The van der Waals surface area contributed by atoms with Crippen molar-refractivity contribution in [2.75, 3.05) is 13.2 Å². The van der Waals surface area contributed by atoms with Crippen LogP contribution in [0.4, 0.5) is 0 Å². The minimum Gasteiger partial charge on any atom is -0.508 e. The Morgan fingerprint density at radius 2 is 2.04 bits per heavy atom. The lowest BCUT2D eigenvalue weighted by Crippen LogP contribution is -2.35. The highest BCUT2D eigenvalue weighted by Crippen LogP contribution is 2.42. The van der Waals surface area contributed by atoms with Gasteiger partial charge in [-0.1, -0.05) is 12.1 Å². The molecule has 0 bridgehead atoms. The molecule has 1 aliphatic carbocycles. The first-order chi connectivity index (χ1) is 13.5. The molecule has 1 aromatic rings. The molecule has 1 fully saturated rings. The molecule has 6 nitrogen and oxygen atoms in total. The van der Waals surface area contributed by atoms with E-state index in [1.807, 2.05) is 6.92 Å². The maximum atomic E-state index is 13.0. The summed E-state index contributed by atoms with van der Waals surface area (Å²) in [5, 5.41) is 12.9. The van der Waals surface area contributed by atoms with Crippen molar-refractivity contribution in [1.82, 2.24) is 5.32 Å². The molecule has 0 amide bonds. The number of benzene rings is 1. The average molecular weight is 383 g/mol. The van der Waals surface area contributed by atoms with E-state index in [1.54, 1.807) is 24.3 Å². The van der Waals surface area contributed by atoms with Crippen molar-refractivity contribution in [2.24, 2.45) is 0 Å². The Morgan fingerprint density at radius 3 is 2.75 bits per heavy atom. The van der Waals surface area contributed by atoms with Crippen molar-refractivity contribution in [2.45, 2.75) is 51.0 Å². The predicted octanol–water partition coefficient (Wildman–Crippen LogP) is 3.08. The minimum atomic E-state index is -0.485. The first-order valence-corrected chi connectivity index (χ1v) is 9.86. The van der Waals surface area contributed by atoms with Gasteiger partial charge in [0.1, 0.15) is 12.4 Å². The molecule has 4 rings (SSSR count). The van der Waals surface area contributed by atoms with Gasteiger partial charge in [0, 0.05) is 35.9 Å². The highest BCUT2D eigenvalue weighted by Gasteiger charge is 2.39. The molecule has 148 valence electrons. The zero-order valence-corrected chi connectivity index (χ0v) is 16.0. The van der Waals surface area contributed by atoms with Crippen LogP contribution in [-0.2, 0) is 19.1 Å². The molecule has 6 heteroatoms. The van der Waals surface area contributed by atoms with Crippen LogP contribution in [-0.4, -0.2) is 36.2 Å². The van der Waals surface area contributed by atoms with Gasteiger partial charge in [0.2, 0.25) is 0 Å². The van der Waals surface area contributed by atoms with E-state index >= 15 is 0 Å². The summed E-state index contributed by atoms with van der Waals surface area (Å²) >= 11 is 0. The number of phenols is 1. The van der Waals surface area contributed by atoms with E-state index in [-0.39, 0.29) is 24.2 Å². The van der Waals surface area contributed by atoms with E-state index in [1.165, 1.54) is 0 Å². The fraction of sp³-hybridized carbons (Fsp3) is 0.455. The zero-order chi connectivity index (χ0) is 19.7. The van der Waals surface area contributed by atoms with Gasteiger partial charge in [-0.05, 0) is 50.3 Å². The van der Waals surface area contributed by atoms with Gasteiger partial charge in [0.05, 0.1) is 11.7 Å². The number of hydrogen-bond donors (Lipinski definition) is 2. The van der Waals surface area contributed by atoms with Crippen LogP contribution >= 0.6 is 0 Å². The van der Waals surface area contributed by atoms with Gasteiger partial charge in [-0.2, -0.15) is 0 Å². The summed E-state index contributed by atoms with van der Waals surface area (Å²) in [4.78, 5) is 25.8. The number of nitrogens with one attached hydrogen (secondary N) is 1. The van der Waals surface area contributed by atoms with Crippen LogP contribution in [0.15, 0.2) is 46.8 Å². The molecule has 1 saturated heterocycles. The van der Waals surface area contributed by atoms with E-state index in [2.05, 4.69) is 5.32 Å². The fourth-order valence-electron chi connectivity index (χ4n) is 4.28. The van der Waals surface area contributed by atoms with Crippen molar-refractivity contribution < 1.29 is 24.2 Å². The maximum absolute atomic E-state index is 13.0. The lowest BCUT2D eigenvalue weighted by Gasteiger charge is -2.34. The number of Topliss-reactive ketones (excluding diaryl/α,β-unsaturated/α-hetero) is 1. The SMILES string of the molecule is CC1=C(C(=O)OCC2CCCO2)C(c2ccc(O)cc2)C2=C(CCCC2=O)N1. The van der Waals surface area contributed by atoms with Crippen LogP contribution in [0.5, 0.6) is 5.75 Å². The minimum absolute atomic E-state index is 0.0559. The molecule has 2 unspecified atom stereocenters. The van der Waals surface area contributed by atoms with Crippen LogP contribution in [0.25, 0.3) is 0 Å². The molecule has 2 atom stereocenters. The Hall–Kier alpha value is -2.60. The second-order valence-corrected chi connectivity index (χ2v) is 7.59. The summed E-state index contributed by atoms with van der Waals surface area (Å²) in [5.41, 5.74) is 3.50. The third-order valence-corrected chi connectivity index (χ3v) is 5.65. The second-order valence-electron chi connectivity index (χ2n) is 7.59. The number of aromatic hydroxyl groups is 1. The van der Waals surface area contributed by atoms with Crippen LogP contribution in [0.2, 0.25) is 0 Å². The molecule has 28 heavy (non-hydrogen) atoms. The van der Waals surface area contributed by atoms with Gasteiger partial charge < -0.3 is 19.9 Å². The number of allylic oxidation sites excluding steroid dienone is 3. The third kappa shape index (κ3) is 3.56. The number of rotatable bonds is 4. The summed E-state index contributed by atoms with van der Waals surface area (Å²) in [6.45, 7) is 2.77. The number of phenolic OH excluding ortho intramolecular Hbond substituents is 1. The van der Waals surface area contributed by atoms with Gasteiger partial charge in [0.15, 0.2) is 5.78 Å². The molecular formula is C22H25NO5. The maximum Gasteiger partial charge on any atom is 0.336 e. The van der Waals surface area contributed by atoms with Crippen molar-refractivity contribution >= 4 is 11.8 Å². The Labute approximate surface area is 164 Å². The van der Waals surface area contributed by atoms with Crippen molar-refractivity contribution in [3.8, 4) is 5.75 Å². The first kappa shape index (κ1) is 18.7. The smallest absolute Gasteiger partial charge is 0.336 e. The Kier molecular flexibility index (Phi) is 5.22. The van der Waals surface area contributed by atoms with E-state index < -0.39 is 11.9 Å². The van der Waals surface area contributed by atoms with Crippen molar-refractivity contribution in [3.05, 3.63) is 52.4 Å². The molecule has 2 heterocycles. The first-order valence-electron chi connectivity index (χ1n) is 9.86. The summed E-state index contributed by atoms with van der Waals surface area (Å²) in [6.07, 6.45) is 3.88. The number of carbonyl (C=O) groups excluding carboxylic acids is 2. The van der Waals surface area contributed by atoms with Gasteiger partial charge in [0.25, 0.3) is 0 Å². The number of ketones is 1. The van der Waals surface area contributed by atoms with Crippen molar-refractivity contribution in [1.29, 1.82) is 0 Å². The fourth-order valence-corrected chi connectivity index (χ4v) is 4.28. The van der Waals surface area contributed by atoms with Crippen LogP contribution in [0, 0.1) is 0 Å². The highest BCUT2D eigenvalue weighted by atomic mass is 16.6. The van der Waals surface area contributed by atoms with Crippen LogP contribution < -0.4 is 5.32 Å². The standard InChI is InChI=1S/C22H25NO5/c1-13-19(22(26)28-12-16-4-3-11-27-16)20(14-7-9-15(24)10-8-14)21-17(23-13)5-2-6-18(21)25/h7-10,16,20,23-24H,2-6,11-12H2,1H3. The van der Waals surface area contributed by atoms with Crippen molar-refractivity contribution in [3.63, 3.8) is 0 Å². The zero-order valence-electron chi connectivity index (χ0n) is 16.0. The summed E-state index contributed by atoms with van der Waals surface area (Å²) in [6, 6.07) is 6.68.